The van der Waals surface area contributed by atoms with Crippen LogP contribution >= 0.6 is 0 Å². The quantitative estimate of drug-likeness (QED) is 0.770. The SMILES string of the molecule is CCCCc1cccc(S(=O)(=O)O)c1CCCC. The molecule has 0 spiro atoms. The standard InChI is InChI=1S/C14H22O3S/c1-3-5-8-12-9-7-11-14(18(15,16)17)13(12)10-6-4-2/h7,9,11H,3-6,8,10H2,1-2H3,(H,15,16,17). The fourth-order valence-electron chi connectivity index (χ4n) is 2.09. The summed E-state index contributed by atoms with van der Waals surface area (Å²) in [5.41, 5.74) is 1.86. The maximum atomic E-state index is 11.4. The summed E-state index contributed by atoms with van der Waals surface area (Å²) in [5, 5.41) is 0. The Hall–Kier alpha value is -0.870. The van der Waals surface area contributed by atoms with Gasteiger partial charge in [-0.25, -0.2) is 0 Å². The van der Waals surface area contributed by atoms with Crippen LogP contribution in [0.1, 0.15) is 50.7 Å². The van der Waals surface area contributed by atoms with Crippen LogP contribution in [0.5, 0.6) is 0 Å². The first-order valence-electron chi connectivity index (χ1n) is 6.59. The van der Waals surface area contributed by atoms with E-state index in [0.717, 1.165) is 43.2 Å². The third kappa shape index (κ3) is 4.10. The molecule has 18 heavy (non-hydrogen) atoms. The minimum Gasteiger partial charge on any atom is -0.282 e. The van der Waals surface area contributed by atoms with Gasteiger partial charge in [0.1, 0.15) is 0 Å². The van der Waals surface area contributed by atoms with E-state index >= 15 is 0 Å². The Labute approximate surface area is 110 Å². The second-order valence-corrected chi connectivity index (χ2v) is 5.97. The number of hydrogen-bond donors (Lipinski definition) is 1. The molecule has 0 fully saturated rings. The molecule has 0 aliphatic carbocycles. The highest BCUT2D eigenvalue weighted by molar-refractivity contribution is 7.85. The number of rotatable bonds is 7. The lowest BCUT2D eigenvalue weighted by atomic mass is 9.98. The minimum absolute atomic E-state index is 0.0875. The maximum absolute atomic E-state index is 11.4. The van der Waals surface area contributed by atoms with E-state index in [4.69, 9.17) is 0 Å². The molecule has 4 heteroatoms. The Balaban J connectivity index is 3.17. The van der Waals surface area contributed by atoms with Gasteiger partial charge in [0, 0.05) is 0 Å². The van der Waals surface area contributed by atoms with E-state index in [2.05, 4.69) is 13.8 Å². The molecule has 1 aromatic carbocycles. The summed E-state index contributed by atoms with van der Waals surface area (Å²) in [5.74, 6) is 0. The molecule has 102 valence electrons. The van der Waals surface area contributed by atoms with Crippen LogP contribution in [0.4, 0.5) is 0 Å². The maximum Gasteiger partial charge on any atom is 0.294 e. The molecule has 0 amide bonds. The normalized spacial score (nSPS) is 11.7. The summed E-state index contributed by atoms with van der Waals surface area (Å²) < 4.78 is 32.1. The van der Waals surface area contributed by atoms with Crippen LogP contribution in [0, 0.1) is 0 Å². The van der Waals surface area contributed by atoms with E-state index in [1.54, 1.807) is 6.07 Å². The van der Waals surface area contributed by atoms with Gasteiger partial charge >= 0.3 is 0 Å². The summed E-state index contributed by atoms with van der Waals surface area (Å²) >= 11 is 0. The van der Waals surface area contributed by atoms with E-state index in [-0.39, 0.29) is 4.90 Å². The van der Waals surface area contributed by atoms with Crippen molar-refractivity contribution in [1.82, 2.24) is 0 Å². The summed E-state index contributed by atoms with van der Waals surface area (Å²) in [6.07, 6.45) is 5.64. The van der Waals surface area contributed by atoms with Gasteiger partial charge in [-0.1, -0.05) is 38.8 Å². The molecule has 0 saturated carbocycles. The molecule has 1 rings (SSSR count). The van der Waals surface area contributed by atoms with Gasteiger partial charge in [0.05, 0.1) is 4.90 Å². The van der Waals surface area contributed by atoms with Gasteiger partial charge in [-0.3, -0.25) is 4.55 Å². The molecule has 0 atom stereocenters. The van der Waals surface area contributed by atoms with E-state index in [0.29, 0.717) is 6.42 Å². The lowest BCUT2D eigenvalue weighted by molar-refractivity contribution is 0.481. The largest absolute Gasteiger partial charge is 0.294 e. The van der Waals surface area contributed by atoms with E-state index < -0.39 is 10.1 Å². The monoisotopic (exact) mass is 270 g/mol. The first-order chi connectivity index (χ1) is 8.50. The van der Waals surface area contributed by atoms with Crippen molar-refractivity contribution in [3.8, 4) is 0 Å². The third-order valence-electron chi connectivity index (χ3n) is 3.09. The van der Waals surface area contributed by atoms with Crippen LogP contribution in [-0.2, 0) is 23.0 Å². The van der Waals surface area contributed by atoms with Gasteiger partial charge in [-0.2, -0.15) is 8.42 Å². The number of hydrogen-bond acceptors (Lipinski definition) is 2. The van der Waals surface area contributed by atoms with Crippen molar-refractivity contribution in [2.24, 2.45) is 0 Å². The molecule has 0 bridgehead atoms. The highest BCUT2D eigenvalue weighted by Gasteiger charge is 2.17. The Kier molecular flexibility index (Phi) is 5.82. The van der Waals surface area contributed by atoms with E-state index in [9.17, 15) is 13.0 Å². The number of benzene rings is 1. The zero-order chi connectivity index (χ0) is 13.6. The molecular formula is C14H22O3S. The molecule has 1 N–H and O–H groups in total. The Morgan fingerprint density at radius 2 is 1.67 bits per heavy atom. The smallest absolute Gasteiger partial charge is 0.282 e. The molecule has 0 aromatic heterocycles. The number of aryl methyl sites for hydroxylation is 1. The highest BCUT2D eigenvalue weighted by atomic mass is 32.2. The van der Waals surface area contributed by atoms with Crippen LogP contribution in [0.15, 0.2) is 23.1 Å². The predicted octanol–water partition coefficient (Wildman–Crippen LogP) is 3.62. The first-order valence-corrected chi connectivity index (χ1v) is 8.03. The van der Waals surface area contributed by atoms with Crippen LogP contribution in [0.25, 0.3) is 0 Å². The summed E-state index contributed by atoms with van der Waals surface area (Å²) in [4.78, 5) is 0.0875. The van der Waals surface area contributed by atoms with Gasteiger partial charge in [0.25, 0.3) is 10.1 Å². The van der Waals surface area contributed by atoms with Crippen molar-refractivity contribution >= 4 is 10.1 Å². The van der Waals surface area contributed by atoms with Gasteiger partial charge in [0.15, 0.2) is 0 Å². The summed E-state index contributed by atoms with van der Waals surface area (Å²) in [6, 6.07) is 5.18. The Bertz CT molecular complexity index is 478. The molecule has 1 aromatic rings. The third-order valence-corrected chi connectivity index (χ3v) is 4.03. The van der Waals surface area contributed by atoms with Crippen LogP contribution < -0.4 is 0 Å². The minimum atomic E-state index is -4.11. The van der Waals surface area contributed by atoms with Gasteiger partial charge in [-0.05, 0) is 42.9 Å². The van der Waals surface area contributed by atoms with Crippen LogP contribution in [0.3, 0.4) is 0 Å². The van der Waals surface area contributed by atoms with E-state index in [1.165, 1.54) is 6.07 Å². The second kappa shape index (κ2) is 6.90. The summed E-state index contributed by atoms with van der Waals surface area (Å²) in [6.45, 7) is 4.18. The van der Waals surface area contributed by atoms with Gasteiger partial charge < -0.3 is 0 Å². The van der Waals surface area contributed by atoms with Gasteiger partial charge in [-0.15, -0.1) is 0 Å². The second-order valence-electron chi connectivity index (χ2n) is 4.58. The average molecular weight is 270 g/mol. The van der Waals surface area contributed by atoms with Crippen LogP contribution in [-0.4, -0.2) is 13.0 Å². The van der Waals surface area contributed by atoms with Crippen LogP contribution in [0.2, 0.25) is 0 Å². The molecule has 0 heterocycles. The van der Waals surface area contributed by atoms with Crippen molar-refractivity contribution in [3.63, 3.8) is 0 Å². The molecule has 0 aliphatic rings. The van der Waals surface area contributed by atoms with Crippen molar-refractivity contribution in [2.75, 3.05) is 0 Å². The molecule has 3 nitrogen and oxygen atoms in total. The summed E-state index contributed by atoms with van der Waals surface area (Å²) in [7, 11) is -4.11. The Morgan fingerprint density at radius 3 is 2.22 bits per heavy atom. The fraction of sp³-hybridized carbons (Fsp3) is 0.571. The van der Waals surface area contributed by atoms with Crippen molar-refractivity contribution in [3.05, 3.63) is 29.3 Å². The molecule has 0 unspecified atom stereocenters. The van der Waals surface area contributed by atoms with E-state index in [1.807, 2.05) is 6.07 Å². The number of unbranched alkanes of at least 4 members (excludes halogenated alkanes) is 2. The predicted molar refractivity (Wildman–Crippen MR) is 73.5 cm³/mol. The molecule has 0 radical (unpaired) electrons. The van der Waals surface area contributed by atoms with Crippen molar-refractivity contribution < 1.29 is 13.0 Å². The Morgan fingerprint density at radius 1 is 1.06 bits per heavy atom. The van der Waals surface area contributed by atoms with Crippen molar-refractivity contribution in [2.45, 2.75) is 57.3 Å². The molecule has 0 saturated heterocycles. The first kappa shape index (κ1) is 15.2. The topological polar surface area (TPSA) is 54.4 Å². The zero-order valence-electron chi connectivity index (χ0n) is 11.1. The van der Waals surface area contributed by atoms with Gasteiger partial charge in [0.2, 0.25) is 0 Å². The fourth-order valence-corrected chi connectivity index (χ4v) is 2.89. The lowest BCUT2D eigenvalue weighted by Gasteiger charge is -2.12. The van der Waals surface area contributed by atoms with Crippen molar-refractivity contribution in [1.29, 1.82) is 0 Å². The molecular weight excluding hydrogens is 248 g/mol. The highest BCUT2D eigenvalue weighted by Crippen LogP contribution is 2.23. The lowest BCUT2D eigenvalue weighted by Crippen LogP contribution is -2.06. The average Bonchev–Trinajstić information content (AvgIpc) is 2.32. The molecule has 0 aliphatic heterocycles. The zero-order valence-corrected chi connectivity index (χ0v) is 12.0.